The molecule has 0 radical (unpaired) electrons. The van der Waals surface area contributed by atoms with E-state index in [1.54, 1.807) is 6.07 Å². The fourth-order valence-electron chi connectivity index (χ4n) is 2.82. The van der Waals surface area contributed by atoms with Gasteiger partial charge in [-0.2, -0.15) is 0 Å². The van der Waals surface area contributed by atoms with Gasteiger partial charge in [0.15, 0.2) is 0 Å². The molecule has 0 bridgehead atoms. The first-order valence-corrected chi connectivity index (χ1v) is 7.70. The molecule has 21 heavy (non-hydrogen) atoms. The number of ether oxygens (including phenoxy) is 1. The van der Waals surface area contributed by atoms with E-state index >= 15 is 0 Å². The van der Waals surface area contributed by atoms with Crippen LogP contribution < -0.4 is 5.32 Å². The number of carbonyl (C=O) groups is 1. The SMILES string of the molecule is COC(=O)c1ccccc1NC1CCc2cc(Br)ccc21. The van der Waals surface area contributed by atoms with E-state index < -0.39 is 0 Å². The molecule has 3 rings (SSSR count). The largest absolute Gasteiger partial charge is 0.465 e. The van der Waals surface area contributed by atoms with Gasteiger partial charge in [-0.15, -0.1) is 0 Å². The van der Waals surface area contributed by atoms with Crippen molar-refractivity contribution in [1.29, 1.82) is 0 Å². The molecule has 0 aliphatic heterocycles. The van der Waals surface area contributed by atoms with Gasteiger partial charge in [0, 0.05) is 10.2 Å². The molecule has 1 aliphatic carbocycles. The Morgan fingerprint density at radius 1 is 1.29 bits per heavy atom. The lowest BCUT2D eigenvalue weighted by Gasteiger charge is -2.17. The molecule has 0 amide bonds. The first-order chi connectivity index (χ1) is 10.2. The zero-order chi connectivity index (χ0) is 14.8. The van der Waals surface area contributed by atoms with Crippen molar-refractivity contribution in [2.75, 3.05) is 12.4 Å². The topological polar surface area (TPSA) is 38.3 Å². The minimum Gasteiger partial charge on any atom is -0.465 e. The van der Waals surface area contributed by atoms with Gasteiger partial charge < -0.3 is 10.1 Å². The maximum Gasteiger partial charge on any atom is 0.339 e. The van der Waals surface area contributed by atoms with Gasteiger partial charge in [-0.3, -0.25) is 0 Å². The Labute approximate surface area is 132 Å². The molecule has 1 unspecified atom stereocenters. The molecule has 0 fully saturated rings. The summed E-state index contributed by atoms with van der Waals surface area (Å²) in [5.41, 5.74) is 4.06. The van der Waals surface area contributed by atoms with Crippen molar-refractivity contribution < 1.29 is 9.53 Å². The van der Waals surface area contributed by atoms with E-state index in [0.29, 0.717) is 5.56 Å². The van der Waals surface area contributed by atoms with Crippen LogP contribution in [0, 0.1) is 0 Å². The number of hydrogen-bond donors (Lipinski definition) is 1. The van der Waals surface area contributed by atoms with Crippen LogP contribution >= 0.6 is 15.9 Å². The third-order valence-corrected chi connectivity index (χ3v) is 4.34. The van der Waals surface area contributed by atoms with Gasteiger partial charge in [0.1, 0.15) is 0 Å². The van der Waals surface area contributed by atoms with E-state index in [4.69, 9.17) is 4.74 Å². The quantitative estimate of drug-likeness (QED) is 0.841. The minimum atomic E-state index is -0.313. The number of para-hydroxylation sites is 1. The molecule has 4 heteroatoms. The zero-order valence-corrected chi connectivity index (χ0v) is 13.3. The number of rotatable bonds is 3. The van der Waals surface area contributed by atoms with Crippen LogP contribution in [0.4, 0.5) is 5.69 Å². The monoisotopic (exact) mass is 345 g/mol. The number of methoxy groups -OCH3 is 1. The summed E-state index contributed by atoms with van der Waals surface area (Å²) in [6.07, 6.45) is 2.08. The van der Waals surface area contributed by atoms with Crippen LogP contribution in [0.2, 0.25) is 0 Å². The second-order valence-electron chi connectivity index (χ2n) is 5.12. The van der Waals surface area contributed by atoms with E-state index in [2.05, 4.69) is 39.4 Å². The van der Waals surface area contributed by atoms with Crippen molar-refractivity contribution in [2.24, 2.45) is 0 Å². The molecular weight excluding hydrogens is 330 g/mol. The molecule has 2 aromatic carbocycles. The van der Waals surface area contributed by atoms with Gasteiger partial charge in [0.2, 0.25) is 0 Å². The average Bonchev–Trinajstić information content (AvgIpc) is 2.89. The highest BCUT2D eigenvalue weighted by Gasteiger charge is 2.23. The van der Waals surface area contributed by atoms with Gasteiger partial charge in [0.05, 0.1) is 18.7 Å². The number of anilines is 1. The lowest BCUT2D eigenvalue weighted by atomic mass is 10.1. The standard InChI is InChI=1S/C17H16BrNO2/c1-21-17(20)14-4-2-3-5-15(14)19-16-9-6-11-10-12(18)7-8-13(11)16/h2-5,7-8,10,16,19H,6,9H2,1H3. The summed E-state index contributed by atoms with van der Waals surface area (Å²) in [4.78, 5) is 11.8. The minimum absolute atomic E-state index is 0.235. The van der Waals surface area contributed by atoms with Crippen molar-refractivity contribution in [3.05, 3.63) is 63.6 Å². The molecule has 0 heterocycles. The molecule has 108 valence electrons. The summed E-state index contributed by atoms with van der Waals surface area (Å²) >= 11 is 3.51. The number of esters is 1. The van der Waals surface area contributed by atoms with Crippen LogP contribution in [0.25, 0.3) is 0 Å². The Kier molecular flexibility index (Phi) is 3.97. The summed E-state index contributed by atoms with van der Waals surface area (Å²) < 4.78 is 5.95. The molecule has 0 aromatic heterocycles. The Balaban J connectivity index is 1.88. The van der Waals surface area contributed by atoms with Crippen molar-refractivity contribution >= 4 is 27.6 Å². The molecule has 1 N–H and O–H groups in total. The van der Waals surface area contributed by atoms with Crippen LogP contribution in [0.15, 0.2) is 46.9 Å². The third-order valence-electron chi connectivity index (χ3n) is 3.84. The first-order valence-electron chi connectivity index (χ1n) is 6.91. The van der Waals surface area contributed by atoms with Gasteiger partial charge in [-0.25, -0.2) is 4.79 Å². The summed E-state index contributed by atoms with van der Waals surface area (Å²) in [6, 6.07) is 14.1. The molecular formula is C17H16BrNO2. The van der Waals surface area contributed by atoms with E-state index in [9.17, 15) is 4.79 Å². The highest BCUT2D eigenvalue weighted by atomic mass is 79.9. The number of halogens is 1. The number of carbonyl (C=O) groups excluding carboxylic acids is 1. The number of fused-ring (bicyclic) bond motifs is 1. The highest BCUT2D eigenvalue weighted by molar-refractivity contribution is 9.10. The normalized spacial score (nSPS) is 16.4. The summed E-state index contributed by atoms with van der Waals surface area (Å²) in [5, 5.41) is 3.48. The van der Waals surface area contributed by atoms with Crippen molar-refractivity contribution in [3.63, 3.8) is 0 Å². The van der Waals surface area contributed by atoms with Crippen molar-refractivity contribution in [2.45, 2.75) is 18.9 Å². The lowest BCUT2D eigenvalue weighted by molar-refractivity contribution is 0.0602. The first kappa shape index (κ1) is 14.1. The molecule has 0 saturated heterocycles. The number of nitrogens with one attached hydrogen (secondary N) is 1. The van der Waals surface area contributed by atoms with Crippen LogP contribution in [0.3, 0.4) is 0 Å². The van der Waals surface area contributed by atoms with E-state index in [1.807, 2.05) is 18.2 Å². The summed E-state index contributed by atoms with van der Waals surface area (Å²) in [5.74, 6) is -0.313. The lowest BCUT2D eigenvalue weighted by Crippen LogP contribution is -2.12. The van der Waals surface area contributed by atoms with Crippen LogP contribution in [-0.4, -0.2) is 13.1 Å². The second kappa shape index (κ2) is 5.90. The number of hydrogen-bond acceptors (Lipinski definition) is 3. The third kappa shape index (κ3) is 2.81. The Bertz CT molecular complexity index is 684. The second-order valence-corrected chi connectivity index (χ2v) is 6.03. The molecule has 3 nitrogen and oxygen atoms in total. The predicted molar refractivity (Wildman–Crippen MR) is 86.6 cm³/mol. The Morgan fingerprint density at radius 3 is 2.90 bits per heavy atom. The highest BCUT2D eigenvalue weighted by Crippen LogP contribution is 2.36. The maximum absolute atomic E-state index is 11.8. The van der Waals surface area contributed by atoms with Crippen LogP contribution in [0.5, 0.6) is 0 Å². The maximum atomic E-state index is 11.8. The average molecular weight is 346 g/mol. The molecule has 0 spiro atoms. The van der Waals surface area contributed by atoms with Crippen LogP contribution in [-0.2, 0) is 11.2 Å². The van der Waals surface area contributed by atoms with E-state index in [1.165, 1.54) is 18.2 Å². The molecule has 1 aliphatic rings. The van der Waals surface area contributed by atoms with Gasteiger partial charge >= 0.3 is 5.97 Å². The smallest absolute Gasteiger partial charge is 0.339 e. The predicted octanol–water partition coefficient (Wildman–Crippen LogP) is 4.34. The number of benzene rings is 2. The molecule has 0 saturated carbocycles. The summed E-state index contributed by atoms with van der Waals surface area (Å²) in [6.45, 7) is 0. The number of aryl methyl sites for hydroxylation is 1. The van der Waals surface area contributed by atoms with Crippen LogP contribution in [0.1, 0.15) is 33.9 Å². The van der Waals surface area contributed by atoms with E-state index in [-0.39, 0.29) is 12.0 Å². The Morgan fingerprint density at radius 2 is 2.10 bits per heavy atom. The van der Waals surface area contributed by atoms with E-state index in [0.717, 1.165) is 23.0 Å². The van der Waals surface area contributed by atoms with Gasteiger partial charge in [-0.1, -0.05) is 34.1 Å². The van der Waals surface area contributed by atoms with Gasteiger partial charge in [0.25, 0.3) is 0 Å². The fraction of sp³-hybridized carbons (Fsp3) is 0.235. The van der Waals surface area contributed by atoms with Gasteiger partial charge in [-0.05, 0) is 48.2 Å². The molecule has 1 atom stereocenters. The fourth-order valence-corrected chi connectivity index (χ4v) is 3.23. The summed E-state index contributed by atoms with van der Waals surface area (Å²) in [7, 11) is 1.40. The van der Waals surface area contributed by atoms with Crippen molar-refractivity contribution in [1.82, 2.24) is 0 Å². The zero-order valence-electron chi connectivity index (χ0n) is 11.7. The Hall–Kier alpha value is -1.81. The molecule has 2 aromatic rings. The van der Waals surface area contributed by atoms with Crippen molar-refractivity contribution in [3.8, 4) is 0 Å².